The molecule has 3 atom stereocenters. The van der Waals surface area contributed by atoms with Crippen LogP contribution in [-0.2, 0) is 0 Å². The van der Waals surface area contributed by atoms with Gasteiger partial charge in [-0.15, -0.1) is 0 Å². The Bertz CT molecular complexity index is 134. The van der Waals surface area contributed by atoms with Crippen LogP contribution in [-0.4, -0.2) is 18.6 Å². The maximum absolute atomic E-state index is 6.05. The number of hydrogen-bond donors (Lipinski definition) is 2. The highest BCUT2D eigenvalue weighted by molar-refractivity contribution is 4.91. The van der Waals surface area contributed by atoms with Crippen molar-refractivity contribution in [1.82, 2.24) is 5.32 Å². The summed E-state index contributed by atoms with van der Waals surface area (Å²) in [5.74, 6) is 0.789. The van der Waals surface area contributed by atoms with E-state index in [4.69, 9.17) is 5.73 Å². The highest BCUT2D eigenvalue weighted by Gasteiger charge is 2.32. The van der Waals surface area contributed by atoms with E-state index in [1.54, 1.807) is 0 Å². The van der Waals surface area contributed by atoms with Gasteiger partial charge in [-0.05, 0) is 31.7 Å². The van der Waals surface area contributed by atoms with E-state index in [0.717, 1.165) is 18.5 Å². The predicted octanol–water partition coefficient (Wildman–Crippen LogP) is 0.866. The summed E-state index contributed by atoms with van der Waals surface area (Å²) in [6.07, 6.45) is 6.70. The maximum atomic E-state index is 6.05. The van der Waals surface area contributed by atoms with Crippen LogP contribution in [0.5, 0.6) is 0 Å². The van der Waals surface area contributed by atoms with E-state index in [1.165, 1.54) is 32.1 Å². The molecular weight excluding hydrogens is 136 g/mol. The van der Waals surface area contributed by atoms with Gasteiger partial charge in [0.1, 0.15) is 0 Å². The monoisotopic (exact) mass is 154 g/mol. The molecule has 1 aliphatic heterocycles. The molecule has 0 aromatic carbocycles. The quantitative estimate of drug-likeness (QED) is 0.543. The molecule has 1 saturated carbocycles. The van der Waals surface area contributed by atoms with Gasteiger partial charge in [0.2, 0.25) is 0 Å². The van der Waals surface area contributed by atoms with Gasteiger partial charge >= 0.3 is 0 Å². The third-order valence-electron chi connectivity index (χ3n) is 3.25. The van der Waals surface area contributed by atoms with Crippen molar-refractivity contribution < 1.29 is 0 Å². The van der Waals surface area contributed by atoms with Gasteiger partial charge in [-0.3, -0.25) is 0 Å². The first-order valence-corrected chi connectivity index (χ1v) is 4.87. The Morgan fingerprint density at radius 2 is 1.91 bits per heavy atom. The van der Waals surface area contributed by atoms with Crippen LogP contribution in [0.3, 0.4) is 0 Å². The van der Waals surface area contributed by atoms with Crippen molar-refractivity contribution in [3.8, 4) is 0 Å². The van der Waals surface area contributed by atoms with Crippen molar-refractivity contribution in [3.63, 3.8) is 0 Å². The van der Waals surface area contributed by atoms with Crippen molar-refractivity contribution in [1.29, 1.82) is 0 Å². The average Bonchev–Trinajstić information content (AvgIpc) is 2.06. The van der Waals surface area contributed by atoms with Gasteiger partial charge in [0.05, 0.1) is 0 Å². The Morgan fingerprint density at radius 3 is 2.73 bits per heavy atom. The smallest absolute Gasteiger partial charge is 0.0110 e. The minimum absolute atomic E-state index is 0.488. The molecule has 11 heavy (non-hydrogen) atoms. The van der Waals surface area contributed by atoms with Crippen LogP contribution in [0.4, 0.5) is 0 Å². The van der Waals surface area contributed by atoms with Crippen LogP contribution < -0.4 is 11.1 Å². The van der Waals surface area contributed by atoms with Crippen molar-refractivity contribution in [2.45, 2.75) is 44.2 Å². The van der Waals surface area contributed by atoms with Gasteiger partial charge in [0.15, 0.2) is 0 Å². The number of rotatable bonds is 0. The molecule has 1 heterocycles. The Kier molecular flexibility index (Phi) is 2.14. The van der Waals surface area contributed by atoms with E-state index in [9.17, 15) is 0 Å². The van der Waals surface area contributed by atoms with Gasteiger partial charge in [0, 0.05) is 12.1 Å². The summed E-state index contributed by atoms with van der Waals surface area (Å²) in [5, 5.41) is 3.57. The Labute approximate surface area is 68.5 Å². The second-order valence-electron chi connectivity index (χ2n) is 3.96. The fourth-order valence-electron chi connectivity index (χ4n) is 2.57. The van der Waals surface area contributed by atoms with Crippen LogP contribution in [0.2, 0.25) is 0 Å². The lowest BCUT2D eigenvalue weighted by molar-refractivity contribution is 0.185. The summed E-state index contributed by atoms with van der Waals surface area (Å²) >= 11 is 0. The van der Waals surface area contributed by atoms with Gasteiger partial charge in [-0.1, -0.05) is 12.8 Å². The van der Waals surface area contributed by atoms with Crippen LogP contribution in [0, 0.1) is 5.92 Å². The van der Waals surface area contributed by atoms with Crippen molar-refractivity contribution in [2.75, 3.05) is 6.54 Å². The molecule has 0 spiro atoms. The van der Waals surface area contributed by atoms with Gasteiger partial charge < -0.3 is 11.1 Å². The topological polar surface area (TPSA) is 38.0 Å². The fraction of sp³-hybridized carbons (Fsp3) is 1.00. The molecule has 0 aromatic rings. The molecule has 2 fully saturated rings. The molecule has 0 aromatic heterocycles. The second kappa shape index (κ2) is 3.11. The normalized spacial score (nSPS) is 45.0. The Hall–Kier alpha value is -0.0800. The molecule has 0 bridgehead atoms. The molecule has 0 radical (unpaired) electrons. The SMILES string of the molecule is N[C@@H]1CCN[C@@H]2CCCC[C@@H]12. The van der Waals surface area contributed by atoms with Crippen LogP contribution >= 0.6 is 0 Å². The fourth-order valence-corrected chi connectivity index (χ4v) is 2.57. The summed E-state index contributed by atoms with van der Waals surface area (Å²) in [6.45, 7) is 1.14. The Morgan fingerprint density at radius 1 is 1.09 bits per heavy atom. The number of piperidine rings is 1. The number of hydrogen-bond acceptors (Lipinski definition) is 2. The van der Waals surface area contributed by atoms with Crippen molar-refractivity contribution in [3.05, 3.63) is 0 Å². The van der Waals surface area contributed by atoms with Gasteiger partial charge in [-0.2, -0.15) is 0 Å². The highest BCUT2D eigenvalue weighted by Crippen LogP contribution is 2.29. The summed E-state index contributed by atoms with van der Waals surface area (Å²) < 4.78 is 0. The number of nitrogens with two attached hydrogens (primary N) is 1. The molecule has 1 saturated heterocycles. The molecule has 2 heteroatoms. The first-order chi connectivity index (χ1) is 5.38. The third kappa shape index (κ3) is 1.42. The van der Waals surface area contributed by atoms with Crippen LogP contribution in [0.1, 0.15) is 32.1 Å². The molecule has 2 rings (SSSR count). The van der Waals surface area contributed by atoms with Gasteiger partial charge in [0.25, 0.3) is 0 Å². The molecule has 0 unspecified atom stereocenters. The number of nitrogens with one attached hydrogen (secondary N) is 1. The van der Waals surface area contributed by atoms with E-state index >= 15 is 0 Å². The highest BCUT2D eigenvalue weighted by atomic mass is 15.0. The first-order valence-electron chi connectivity index (χ1n) is 4.87. The zero-order chi connectivity index (χ0) is 7.68. The standard InChI is InChI=1S/C9H18N2/c10-8-5-6-11-9-4-2-1-3-7(8)9/h7-9,11H,1-6,10H2/t7-,8+,9+/m0/s1. The molecular formula is C9H18N2. The minimum Gasteiger partial charge on any atom is -0.327 e. The van der Waals surface area contributed by atoms with E-state index in [1.807, 2.05) is 0 Å². The zero-order valence-corrected chi connectivity index (χ0v) is 7.05. The molecule has 2 aliphatic rings. The van der Waals surface area contributed by atoms with E-state index < -0.39 is 0 Å². The molecule has 2 nitrogen and oxygen atoms in total. The number of fused-ring (bicyclic) bond motifs is 1. The Balaban J connectivity index is 1.99. The van der Waals surface area contributed by atoms with E-state index in [0.29, 0.717) is 6.04 Å². The van der Waals surface area contributed by atoms with E-state index in [-0.39, 0.29) is 0 Å². The largest absolute Gasteiger partial charge is 0.327 e. The lowest BCUT2D eigenvalue weighted by Gasteiger charge is -2.40. The summed E-state index contributed by atoms with van der Waals surface area (Å²) in [4.78, 5) is 0. The predicted molar refractivity (Wildman–Crippen MR) is 46.3 cm³/mol. The molecule has 64 valence electrons. The van der Waals surface area contributed by atoms with Crippen molar-refractivity contribution in [2.24, 2.45) is 11.7 Å². The van der Waals surface area contributed by atoms with Crippen molar-refractivity contribution >= 4 is 0 Å². The van der Waals surface area contributed by atoms with Crippen LogP contribution in [0.25, 0.3) is 0 Å². The molecule has 0 amide bonds. The zero-order valence-electron chi connectivity index (χ0n) is 7.05. The lowest BCUT2D eigenvalue weighted by Crippen LogP contribution is -2.53. The average molecular weight is 154 g/mol. The second-order valence-corrected chi connectivity index (χ2v) is 3.96. The van der Waals surface area contributed by atoms with Crippen LogP contribution in [0.15, 0.2) is 0 Å². The third-order valence-corrected chi connectivity index (χ3v) is 3.25. The minimum atomic E-state index is 0.488. The summed E-state index contributed by atoms with van der Waals surface area (Å²) in [6, 6.07) is 1.24. The van der Waals surface area contributed by atoms with E-state index in [2.05, 4.69) is 5.32 Å². The van der Waals surface area contributed by atoms with Gasteiger partial charge in [-0.25, -0.2) is 0 Å². The first kappa shape index (κ1) is 7.56. The summed E-state index contributed by atoms with van der Waals surface area (Å²) in [7, 11) is 0. The molecule has 1 aliphatic carbocycles. The lowest BCUT2D eigenvalue weighted by atomic mass is 9.77. The summed E-state index contributed by atoms with van der Waals surface area (Å²) in [5.41, 5.74) is 6.05. The molecule has 3 N–H and O–H groups in total. The maximum Gasteiger partial charge on any atom is 0.0110 e.